The number of halogens is 1. The third-order valence-corrected chi connectivity index (χ3v) is 4.44. The van der Waals surface area contributed by atoms with Crippen LogP contribution in [-0.4, -0.2) is 23.8 Å². The van der Waals surface area contributed by atoms with Crippen LogP contribution in [0.2, 0.25) is 5.02 Å². The molecule has 0 radical (unpaired) electrons. The van der Waals surface area contributed by atoms with E-state index in [0.717, 1.165) is 0 Å². The van der Waals surface area contributed by atoms with Crippen LogP contribution in [0.1, 0.15) is 33.2 Å². The van der Waals surface area contributed by atoms with Crippen LogP contribution in [0.3, 0.4) is 0 Å². The highest BCUT2D eigenvalue weighted by Gasteiger charge is 2.23. The summed E-state index contributed by atoms with van der Waals surface area (Å²) in [6.07, 6.45) is -1.06. The van der Waals surface area contributed by atoms with Gasteiger partial charge in [-0.15, -0.1) is 0 Å². The van der Waals surface area contributed by atoms with Gasteiger partial charge in [0.25, 0.3) is 5.91 Å². The lowest BCUT2D eigenvalue weighted by Crippen LogP contribution is -2.30. The van der Waals surface area contributed by atoms with Crippen LogP contribution < -0.4 is 5.32 Å². The average molecular weight is 408 g/mol. The maximum Gasteiger partial charge on any atom is 0.339 e. The monoisotopic (exact) mass is 407 g/mol. The minimum absolute atomic E-state index is 0.104. The van der Waals surface area contributed by atoms with Gasteiger partial charge in [0.2, 0.25) is 0 Å². The number of carbonyl (C=O) groups is 3. The van der Waals surface area contributed by atoms with Gasteiger partial charge in [-0.3, -0.25) is 9.59 Å². The first kappa shape index (κ1) is 20.3. The van der Waals surface area contributed by atoms with Crippen LogP contribution >= 0.6 is 11.6 Å². The van der Waals surface area contributed by atoms with E-state index in [2.05, 4.69) is 5.32 Å². The minimum atomic E-state index is -1.06. The second-order valence-corrected chi connectivity index (χ2v) is 6.72. The second-order valence-electron chi connectivity index (χ2n) is 6.28. The Bertz CT molecular complexity index is 1030. The molecule has 0 fully saturated rings. The Morgan fingerprint density at radius 3 is 2.07 bits per heavy atom. The number of ketones is 1. The molecule has 0 aliphatic rings. The van der Waals surface area contributed by atoms with Crippen molar-refractivity contribution in [3.05, 3.63) is 101 Å². The van der Waals surface area contributed by atoms with Crippen molar-refractivity contribution in [2.45, 2.75) is 13.0 Å². The molecule has 3 rings (SSSR count). The Morgan fingerprint density at radius 1 is 0.828 bits per heavy atom. The number of hydrogen-bond acceptors (Lipinski definition) is 4. The van der Waals surface area contributed by atoms with Crippen LogP contribution in [-0.2, 0) is 9.53 Å². The van der Waals surface area contributed by atoms with Gasteiger partial charge in [-0.2, -0.15) is 0 Å². The fourth-order valence-corrected chi connectivity index (χ4v) is 2.78. The number of rotatable bonds is 6. The highest BCUT2D eigenvalue weighted by Crippen LogP contribution is 2.17. The summed E-state index contributed by atoms with van der Waals surface area (Å²) >= 11 is 5.82. The molecule has 1 N–H and O–H groups in total. The van der Waals surface area contributed by atoms with Gasteiger partial charge < -0.3 is 10.1 Å². The number of ether oxygens (including phenoxy) is 1. The molecule has 3 aromatic rings. The molecule has 0 saturated heterocycles. The van der Waals surface area contributed by atoms with E-state index in [1.54, 1.807) is 72.8 Å². The molecule has 0 aromatic heterocycles. The van der Waals surface area contributed by atoms with Crippen molar-refractivity contribution in [1.29, 1.82) is 0 Å². The van der Waals surface area contributed by atoms with Crippen LogP contribution in [0.15, 0.2) is 78.9 Å². The maximum absolute atomic E-state index is 12.8. The first-order valence-electron chi connectivity index (χ1n) is 8.92. The number of amides is 1. The zero-order chi connectivity index (χ0) is 20.8. The molecule has 3 aromatic carbocycles. The largest absolute Gasteiger partial charge is 0.449 e. The van der Waals surface area contributed by atoms with E-state index in [1.165, 1.54) is 13.0 Å². The number of esters is 1. The third-order valence-electron chi connectivity index (χ3n) is 4.19. The van der Waals surface area contributed by atoms with Gasteiger partial charge in [-0.25, -0.2) is 4.79 Å². The average Bonchev–Trinajstić information content (AvgIpc) is 2.75. The summed E-state index contributed by atoms with van der Waals surface area (Å²) in [6, 6.07) is 21.6. The Kier molecular flexibility index (Phi) is 6.42. The SMILES string of the molecule is C[C@@H](OC(=O)c1ccccc1C(=O)c1ccccc1)C(=O)Nc1ccc(Cl)cc1. The summed E-state index contributed by atoms with van der Waals surface area (Å²) in [4.78, 5) is 37.7. The maximum atomic E-state index is 12.8. The number of benzene rings is 3. The van der Waals surface area contributed by atoms with E-state index in [1.807, 2.05) is 0 Å². The van der Waals surface area contributed by atoms with E-state index in [0.29, 0.717) is 16.3 Å². The van der Waals surface area contributed by atoms with Gasteiger partial charge in [-0.1, -0.05) is 60.1 Å². The number of hydrogen-bond donors (Lipinski definition) is 1. The summed E-state index contributed by atoms with van der Waals surface area (Å²) in [5.74, 6) is -1.53. The van der Waals surface area contributed by atoms with Crippen molar-refractivity contribution in [3.63, 3.8) is 0 Å². The Morgan fingerprint density at radius 2 is 1.41 bits per heavy atom. The van der Waals surface area contributed by atoms with E-state index >= 15 is 0 Å². The summed E-state index contributed by atoms with van der Waals surface area (Å²) in [5, 5.41) is 3.19. The van der Waals surface area contributed by atoms with Crippen LogP contribution in [0.4, 0.5) is 5.69 Å². The lowest BCUT2D eigenvalue weighted by molar-refractivity contribution is -0.123. The van der Waals surface area contributed by atoms with Gasteiger partial charge in [0.1, 0.15) is 0 Å². The predicted molar refractivity (Wildman–Crippen MR) is 111 cm³/mol. The second kappa shape index (κ2) is 9.17. The summed E-state index contributed by atoms with van der Waals surface area (Å²) in [7, 11) is 0. The van der Waals surface area contributed by atoms with Crippen molar-refractivity contribution in [2.75, 3.05) is 5.32 Å². The van der Waals surface area contributed by atoms with Crippen LogP contribution in [0, 0.1) is 0 Å². The molecule has 6 heteroatoms. The van der Waals surface area contributed by atoms with Gasteiger partial charge in [0, 0.05) is 21.8 Å². The summed E-state index contributed by atoms with van der Waals surface area (Å²) < 4.78 is 5.29. The minimum Gasteiger partial charge on any atom is -0.449 e. The molecule has 0 heterocycles. The van der Waals surface area contributed by atoms with Crippen molar-refractivity contribution >= 4 is 34.9 Å². The van der Waals surface area contributed by atoms with E-state index in [9.17, 15) is 14.4 Å². The van der Waals surface area contributed by atoms with Gasteiger partial charge >= 0.3 is 5.97 Å². The molecule has 0 aliphatic heterocycles. The Balaban J connectivity index is 1.73. The van der Waals surface area contributed by atoms with Gasteiger partial charge in [0.05, 0.1) is 5.56 Å². The first-order chi connectivity index (χ1) is 14.0. The smallest absolute Gasteiger partial charge is 0.339 e. The molecule has 1 atom stereocenters. The lowest BCUT2D eigenvalue weighted by Gasteiger charge is -2.15. The van der Waals surface area contributed by atoms with E-state index < -0.39 is 18.0 Å². The number of nitrogens with one attached hydrogen (secondary N) is 1. The fourth-order valence-electron chi connectivity index (χ4n) is 2.66. The molecular formula is C23H18ClNO4. The van der Waals surface area contributed by atoms with Crippen molar-refractivity contribution < 1.29 is 19.1 Å². The van der Waals surface area contributed by atoms with Crippen molar-refractivity contribution in [3.8, 4) is 0 Å². The Labute approximate surface area is 173 Å². The molecule has 29 heavy (non-hydrogen) atoms. The highest BCUT2D eigenvalue weighted by atomic mass is 35.5. The molecular weight excluding hydrogens is 390 g/mol. The van der Waals surface area contributed by atoms with Crippen LogP contribution in [0.25, 0.3) is 0 Å². The molecule has 0 saturated carbocycles. The standard InChI is InChI=1S/C23H18ClNO4/c1-15(22(27)25-18-13-11-17(24)12-14-18)29-23(28)20-10-6-5-9-19(20)21(26)16-7-3-2-4-8-16/h2-15H,1H3,(H,25,27)/t15-/m1/s1. The Hall–Kier alpha value is -3.44. The zero-order valence-electron chi connectivity index (χ0n) is 15.6. The number of anilines is 1. The summed E-state index contributed by atoms with van der Waals surface area (Å²) in [6.45, 7) is 1.46. The summed E-state index contributed by atoms with van der Waals surface area (Å²) in [5.41, 5.74) is 1.31. The normalized spacial score (nSPS) is 11.4. The molecule has 0 aliphatic carbocycles. The van der Waals surface area contributed by atoms with Crippen LogP contribution in [0.5, 0.6) is 0 Å². The molecule has 0 bridgehead atoms. The molecule has 146 valence electrons. The van der Waals surface area contributed by atoms with E-state index in [4.69, 9.17) is 16.3 Å². The highest BCUT2D eigenvalue weighted by molar-refractivity contribution is 6.30. The molecule has 1 amide bonds. The van der Waals surface area contributed by atoms with Gasteiger partial charge in [-0.05, 0) is 37.3 Å². The number of carbonyl (C=O) groups excluding carboxylic acids is 3. The van der Waals surface area contributed by atoms with Crippen molar-refractivity contribution in [1.82, 2.24) is 0 Å². The first-order valence-corrected chi connectivity index (χ1v) is 9.29. The fraction of sp³-hybridized carbons (Fsp3) is 0.0870. The zero-order valence-corrected chi connectivity index (χ0v) is 16.3. The third kappa shape index (κ3) is 5.09. The predicted octanol–water partition coefficient (Wildman–Crippen LogP) is 4.76. The molecule has 0 spiro atoms. The lowest BCUT2D eigenvalue weighted by atomic mass is 9.98. The molecule has 5 nitrogen and oxygen atoms in total. The topological polar surface area (TPSA) is 72.5 Å². The van der Waals surface area contributed by atoms with Crippen molar-refractivity contribution in [2.24, 2.45) is 0 Å². The van der Waals surface area contributed by atoms with Gasteiger partial charge in [0.15, 0.2) is 11.9 Å². The molecule has 0 unspecified atom stereocenters. The quantitative estimate of drug-likeness (QED) is 0.472. The van der Waals surface area contributed by atoms with E-state index in [-0.39, 0.29) is 16.9 Å².